The van der Waals surface area contributed by atoms with Crippen LogP contribution in [0.4, 0.5) is 0 Å². The summed E-state index contributed by atoms with van der Waals surface area (Å²) in [6.07, 6.45) is 1.50. The van der Waals surface area contributed by atoms with Crippen LogP contribution in [0.2, 0.25) is 0 Å². The summed E-state index contributed by atoms with van der Waals surface area (Å²) in [5.41, 5.74) is 0. The van der Waals surface area contributed by atoms with Crippen LogP contribution in [0.15, 0.2) is 30.3 Å². The van der Waals surface area contributed by atoms with Crippen LogP contribution in [0, 0.1) is 3.57 Å². The van der Waals surface area contributed by atoms with Crippen LogP contribution >= 0.6 is 19.8 Å². The van der Waals surface area contributed by atoms with Gasteiger partial charge < -0.3 is 0 Å². The van der Waals surface area contributed by atoms with Gasteiger partial charge in [0.1, 0.15) is 0 Å². The first-order chi connectivity index (χ1) is 4.97. The molecular weight excluding hydrogens is 235 g/mol. The van der Waals surface area contributed by atoms with E-state index in [0.29, 0.717) is 0 Å². The Bertz CT molecular complexity index is 201. The number of benzene rings is 1. The van der Waals surface area contributed by atoms with E-state index >= 15 is 0 Å². The van der Waals surface area contributed by atoms with E-state index < -0.39 is 19.8 Å². The Morgan fingerprint density at radius 3 is 2.20 bits per heavy atom. The van der Waals surface area contributed by atoms with Crippen LogP contribution < -0.4 is 0 Å². The third-order valence-corrected chi connectivity index (χ3v) is 8.38. The van der Waals surface area contributed by atoms with Gasteiger partial charge in [-0.25, -0.2) is 0 Å². The van der Waals surface area contributed by atoms with Gasteiger partial charge in [0.25, 0.3) is 0 Å². The zero-order valence-electron chi connectivity index (χ0n) is 5.89. The molecule has 0 amide bonds. The van der Waals surface area contributed by atoms with Gasteiger partial charge in [-0.2, -0.15) is 0 Å². The molecule has 1 heteroatoms. The van der Waals surface area contributed by atoms with Gasteiger partial charge in [-0.15, -0.1) is 0 Å². The molecule has 2 rings (SSSR count). The second kappa shape index (κ2) is 2.91. The minimum atomic E-state index is -0.519. The summed E-state index contributed by atoms with van der Waals surface area (Å²) in [7, 11) is 0. The Morgan fingerprint density at radius 1 is 1.00 bits per heavy atom. The fourth-order valence-electron chi connectivity index (χ4n) is 1.08. The molecule has 1 aromatic rings. The normalized spacial score (nSPS) is 20.2. The summed E-state index contributed by atoms with van der Waals surface area (Å²) in [4.78, 5) is 0. The summed E-state index contributed by atoms with van der Waals surface area (Å²) < 4.78 is 4.82. The fourth-order valence-corrected chi connectivity index (χ4v) is 5.28. The molecule has 1 fully saturated rings. The van der Waals surface area contributed by atoms with Gasteiger partial charge in [-0.1, -0.05) is 0 Å². The molecule has 0 atom stereocenters. The Kier molecular flexibility index (Phi) is 1.93. The molecule has 1 aromatic carbocycles. The van der Waals surface area contributed by atoms with Gasteiger partial charge in [-0.05, 0) is 0 Å². The molecule has 0 spiro atoms. The molecule has 0 saturated carbocycles. The van der Waals surface area contributed by atoms with Gasteiger partial charge in [0.05, 0.1) is 0 Å². The van der Waals surface area contributed by atoms with Crippen molar-refractivity contribution in [1.29, 1.82) is 0 Å². The van der Waals surface area contributed by atoms with Crippen molar-refractivity contribution in [1.82, 2.24) is 0 Å². The second-order valence-electron chi connectivity index (χ2n) is 2.48. The van der Waals surface area contributed by atoms with Crippen molar-refractivity contribution in [2.75, 3.05) is 8.86 Å². The Hall–Kier alpha value is -0.0500. The molecule has 1 aliphatic heterocycles. The van der Waals surface area contributed by atoms with Gasteiger partial charge >= 0.3 is 69.0 Å². The predicted molar refractivity (Wildman–Crippen MR) is 53.5 cm³/mol. The van der Waals surface area contributed by atoms with Crippen molar-refractivity contribution >= 4 is 19.8 Å². The summed E-state index contributed by atoms with van der Waals surface area (Å²) in [5, 5.41) is 0. The molecule has 0 N–H and O–H groups in total. The molecule has 10 heavy (non-hydrogen) atoms. The topological polar surface area (TPSA) is 0 Å². The van der Waals surface area contributed by atoms with Crippen molar-refractivity contribution in [2.45, 2.75) is 6.42 Å². The van der Waals surface area contributed by atoms with Crippen molar-refractivity contribution in [3.8, 4) is 0 Å². The standard InChI is InChI=1S/C9H11I/c1-2-5-9(6-3-1)10-7-4-8-10/h1-3,5-6H,4,7-8H2. The van der Waals surface area contributed by atoms with Crippen LogP contribution in [0.5, 0.6) is 0 Å². The summed E-state index contributed by atoms with van der Waals surface area (Å²) in [6, 6.07) is 11.1. The molecule has 1 heterocycles. The first-order valence-electron chi connectivity index (χ1n) is 3.63. The number of alkyl halides is 2. The van der Waals surface area contributed by atoms with Crippen molar-refractivity contribution in [3.63, 3.8) is 0 Å². The van der Waals surface area contributed by atoms with E-state index in [1.807, 2.05) is 0 Å². The van der Waals surface area contributed by atoms with Crippen LogP contribution in [0.1, 0.15) is 6.42 Å². The molecule has 54 valence electrons. The molecule has 0 nitrogen and oxygen atoms in total. The number of rotatable bonds is 1. The maximum atomic E-state index is 2.31. The van der Waals surface area contributed by atoms with Crippen molar-refractivity contribution in [2.24, 2.45) is 0 Å². The Morgan fingerprint density at radius 2 is 1.70 bits per heavy atom. The van der Waals surface area contributed by atoms with E-state index in [9.17, 15) is 0 Å². The van der Waals surface area contributed by atoms with E-state index in [0.717, 1.165) is 0 Å². The number of hydrogen-bond acceptors (Lipinski definition) is 0. The Balaban J connectivity index is 2.18. The molecule has 0 unspecified atom stereocenters. The van der Waals surface area contributed by atoms with E-state index in [1.165, 1.54) is 6.42 Å². The zero-order chi connectivity index (χ0) is 6.81. The van der Waals surface area contributed by atoms with Crippen LogP contribution in [-0.4, -0.2) is 8.86 Å². The summed E-state index contributed by atoms with van der Waals surface area (Å²) >= 11 is -0.519. The molecule has 0 bridgehead atoms. The quantitative estimate of drug-likeness (QED) is 0.528. The third-order valence-electron chi connectivity index (χ3n) is 1.77. The first-order valence-corrected chi connectivity index (χ1v) is 7.76. The first kappa shape index (κ1) is 6.65. The number of halogens is 1. The maximum absolute atomic E-state index is 2.31. The molecule has 0 aliphatic carbocycles. The molecule has 1 saturated heterocycles. The SMILES string of the molecule is c1ccc(I2CCC2)cc1. The van der Waals surface area contributed by atoms with Crippen molar-refractivity contribution in [3.05, 3.63) is 33.9 Å². The van der Waals surface area contributed by atoms with Gasteiger partial charge in [-0.3, -0.25) is 0 Å². The van der Waals surface area contributed by atoms with E-state index in [2.05, 4.69) is 30.3 Å². The number of hydrogen-bond donors (Lipinski definition) is 0. The van der Waals surface area contributed by atoms with Gasteiger partial charge in [0.15, 0.2) is 0 Å². The zero-order valence-corrected chi connectivity index (χ0v) is 8.04. The summed E-state index contributed by atoms with van der Waals surface area (Å²) in [5.74, 6) is 0. The third kappa shape index (κ3) is 1.19. The average Bonchev–Trinajstić information content (AvgIpc) is 1.86. The fraction of sp³-hybridized carbons (Fsp3) is 0.333. The average molecular weight is 246 g/mol. The molecule has 0 aromatic heterocycles. The van der Waals surface area contributed by atoms with Gasteiger partial charge in [0.2, 0.25) is 0 Å². The second-order valence-corrected chi connectivity index (χ2v) is 8.49. The van der Waals surface area contributed by atoms with E-state index in [-0.39, 0.29) is 0 Å². The van der Waals surface area contributed by atoms with Crippen LogP contribution in [-0.2, 0) is 0 Å². The molecular formula is C9H11I. The van der Waals surface area contributed by atoms with Gasteiger partial charge in [0, 0.05) is 0 Å². The molecule has 0 radical (unpaired) electrons. The predicted octanol–water partition coefficient (Wildman–Crippen LogP) is 2.77. The van der Waals surface area contributed by atoms with Crippen LogP contribution in [0.25, 0.3) is 0 Å². The summed E-state index contributed by atoms with van der Waals surface area (Å²) in [6.45, 7) is 0. The van der Waals surface area contributed by atoms with E-state index in [4.69, 9.17) is 0 Å². The monoisotopic (exact) mass is 246 g/mol. The van der Waals surface area contributed by atoms with E-state index in [1.54, 1.807) is 12.4 Å². The minimum absolute atomic E-state index is 0.519. The molecule has 1 aliphatic rings. The Labute approximate surface area is 69.0 Å². The van der Waals surface area contributed by atoms with Crippen LogP contribution in [0.3, 0.4) is 0 Å². The van der Waals surface area contributed by atoms with Crippen molar-refractivity contribution < 1.29 is 0 Å².